The van der Waals surface area contributed by atoms with Crippen molar-refractivity contribution in [1.82, 2.24) is 10.6 Å². The van der Waals surface area contributed by atoms with Crippen molar-refractivity contribution in [2.24, 2.45) is 5.92 Å². The molecule has 0 aromatic carbocycles. The van der Waals surface area contributed by atoms with Gasteiger partial charge in [0, 0.05) is 13.2 Å². The Bertz CT molecular complexity index is 238. The summed E-state index contributed by atoms with van der Waals surface area (Å²) in [6, 6.07) is 0. The van der Waals surface area contributed by atoms with Crippen molar-refractivity contribution >= 4 is 5.91 Å². The smallest absolute Gasteiger partial charge is 0.240 e. The molecule has 1 aliphatic rings. The van der Waals surface area contributed by atoms with Crippen LogP contribution in [-0.4, -0.2) is 36.2 Å². The highest BCUT2D eigenvalue weighted by molar-refractivity contribution is 5.85. The molecule has 2 unspecified atom stereocenters. The second-order valence-corrected chi connectivity index (χ2v) is 5.40. The largest absolute Gasteiger partial charge is 0.396 e. The van der Waals surface area contributed by atoms with E-state index in [1.54, 1.807) is 0 Å². The van der Waals surface area contributed by atoms with Gasteiger partial charge in [-0.2, -0.15) is 0 Å². The average Bonchev–Trinajstić information content (AvgIpc) is 2.34. The first-order chi connectivity index (χ1) is 8.08. The molecule has 0 aliphatic carbocycles. The summed E-state index contributed by atoms with van der Waals surface area (Å²) in [4.78, 5) is 12.0. The fourth-order valence-corrected chi connectivity index (χ4v) is 2.19. The molecular weight excluding hydrogens is 216 g/mol. The summed E-state index contributed by atoms with van der Waals surface area (Å²) in [6.07, 6.45) is 5.10. The second kappa shape index (κ2) is 6.97. The van der Waals surface area contributed by atoms with E-state index in [-0.39, 0.29) is 18.1 Å². The van der Waals surface area contributed by atoms with Crippen molar-refractivity contribution in [3.8, 4) is 0 Å². The maximum atomic E-state index is 12.0. The zero-order chi connectivity index (χ0) is 12.7. The maximum absolute atomic E-state index is 12.0. The van der Waals surface area contributed by atoms with Crippen molar-refractivity contribution in [2.45, 2.75) is 51.5 Å². The molecule has 4 nitrogen and oxygen atoms in total. The van der Waals surface area contributed by atoms with Gasteiger partial charge in [-0.05, 0) is 51.5 Å². The molecule has 2 atom stereocenters. The molecule has 1 rings (SSSR count). The number of piperidine rings is 1. The SMILES string of the molecule is CC(CO)CCCNC(=O)C1(C)CCCCN1. The number of amides is 1. The molecule has 1 heterocycles. The van der Waals surface area contributed by atoms with Crippen molar-refractivity contribution in [3.05, 3.63) is 0 Å². The molecule has 0 aromatic rings. The zero-order valence-electron chi connectivity index (χ0n) is 11.1. The summed E-state index contributed by atoms with van der Waals surface area (Å²) in [5.41, 5.74) is -0.374. The van der Waals surface area contributed by atoms with Crippen LogP contribution < -0.4 is 10.6 Å². The first kappa shape index (κ1) is 14.5. The summed E-state index contributed by atoms with van der Waals surface area (Å²) >= 11 is 0. The zero-order valence-corrected chi connectivity index (χ0v) is 11.1. The van der Waals surface area contributed by atoms with Gasteiger partial charge in [0.15, 0.2) is 0 Å². The molecule has 0 spiro atoms. The van der Waals surface area contributed by atoms with Gasteiger partial charge in [-0.25, -0.2) is 0 Å². The van der Waals surface area contributed by atoms with Gasteiger partial charge < -0.3 is 15.7 Å². The standard InChI is InChI=1S/C13H26N2O2/c1-11(10-16)6-5-8-14-12(17)13(2)7-3-4-9-15-13/h11,15-16H,3-10H2,1-2H3,(H,14,17). The Hall–Kier alpha value is -0.610. The van der Waals surface area contributed by atoms with Crippen LogP contribution in [0.25, 0.3) is 0 Å². The van der Waals surface area contributed by atoms with Crippen LogP contribution in [0, 0.1) is 5.92 Å². The Kier molecular flexibility index (Phi) is 5.92. The van der Waals surface area contributed by atoms with Crippen LogP contribution in [0.3, 0.4) is 0 Å². The summed E-state index contributed by atoms with van der Waals surface area (Å²) in [6.45, 7) is 5.88. The van der Waals surface area contributed by atoms with Gasteiger partial charge in [0.05, 0.1) is 5.54 Å². The van der Waals surface area contributed by atoms with E-state index in [0.29, 0.717) is 12.5 Å². The van der Waals surface area contributed by atoms with Crippen LogP contribution in [0.4, 0.5) is 0 Å². The van der Waals surface area contributed by atoms with Crippen molar-refractivity contribution < 1.29 is 9.90 Å². The van der Waals surface area contributed by atoms with Crippen LogP contribution in [0.5, 0.6) is 0 Å². The number of carbonyl (C=O) groups excluding carboxylic acids is 1. The van der Waals surface area contributed by atoms with Crippen LogP contribution in [-0.2, 0) is 4.79 Å². The third-order valence-electron chi connectivity index (χ3n) is 3.59. The van der Waals surface area contributed by atoms with Gasteiger partial charge in [0.1, 0.15) is 0 Å². The Morgan fingerprint density at radius 2 is 2.29 bits per heavy atom. The molecule has 100 valence electrons. The Morgan fingerprint density at radius 1 is 1.53 bits per heavy atom. The Morgan fingerprint density at radius 3 is 2.88 bits per heavy atom. The minimum Gasteiger partial charge on any atom is -0.396 e. The van der Waals surface area contributed by atoms with E-state index in [4.69, 9.17) is 5.11 Å². The minimum absolute atomic E-state index is 0.119. The summed E-state index contributed by atoms with van der Waals surface area (Å²) in [5.74, 6) is 0.448. The number of aliphatic hydroxyl groups excluding tert-OH is 1. The molecule has 1 amide bonds. The topological polar surface area (TPSA) is 61.4 Å². The molecule has 0 saturated carbocycles. The third kappa shape index (κ3) is 4.64. The van der Waals surface area contributed by atoms with Gasteiger partial charge in [0.2, 0.25) is 5.91 Å². The Labute approximate surface area is 104 Å². The number of carbonyl (C=O) groups is 1. The van der Waals surface area contributed by atoms with Gasteiger partial charge >= 0.3 is 0 Å². The number of aliphatic hydroxyl groups is 1. The van der Waals surface area contributed by atoms with Crippen molar-refractivity contribution in [3.63, 3.8) is 0 Å². The lowest BCUT2D eigenvalue weighted by Gasteiger charge is -2.33. The number of hydrogen-bond acceptors (Lipinski definition) is 3. The third-order valence-corrected chi connectivity index (χ3v) is 3.59. The fourth-order valence-electron chi connectivity index (χ4n) is 2.19. The fraction of sp³-hybridized carbons (Fsp3) is 0.923. The monoisotopic (exact) mass is 242 g/mol. The summed E-state index contributed by atoms with van der Waals surface area (Å²) < 4.78 is 0. The minimum atomic E-state index is -0.374. The number of nitrogens with one attached hydrogen (secondary N) is 2. The molecule has 1 fully saturated rings. The first-order valence-corrected chi connectivity index (χ1v) is 6.72. The van der Waals surface area contributed by atoms with Gasteiger partial charge in [-0.1, -0.05) is 6.92 Å². The lowest BCUT2D eigenvalue weighted by molar-refractivity contribution is -0.127. The van der Waals surface area contributed by atoms with Crippen molar-refractivity contribution in [2.75, 3.05) is 19.7 Å². The number of rotatable bonds is 6. The predicted octanol–water partition coefficient (Wildman–Crippen LogP) is 1.04. The molecule has 17 heavy (non-hydrogen) atoms. The average molecular weight is 242 g/mol. The lowest BCUT2D eigenvalue weighted by Crippen LogP contribution is -2.57. The highest BCUT2D eigenvalue weighted by atomic mass is 16.3. The summed E-state index contributed by atoms with van der Waals surface area (Å²) in [7, 11) is 0. The molecule has 3 N–H and O–H groups in total. The Balaban J connectivity index is 2.20. The molecule has 0 aromatic heterocycles. The lowest BCUT2D eigenvalue weighted by atomic mass is 9.90. The van der Waals surface area contributed by atoms with E-state index in [2.05, 4.69) is 10.6 Å². The quantitative estimate of drug-likeness (QED) is 0.610. The van der Waals surface area contributed by atoms with E-state index in [0.717, 1.165) is 38.6 Å². The van der Waals surface area contributed by atoms with E-state index in [9.17, 15) is 4.79 Å². The van der Waals surface area contributed by atoms with E-state index < -0.39 is 0 Å². The van der Waals surface area contributed by atoms with Gasteiger partial charge in [-0.3, -0.25) is 4.79 Å². The number of hydrogen-bond donors (Lipinski definition) is 3. The van der Waals surface area contributed by atoms with Gasteiger partial charge in [0.25, 0.3) is 0 Å². The molecule has 4 heteroatoms. The van der Waals surface area contributed by atoms with E-state index in [1.165, 1.54) is 0 Å². The van der Waals surface area contributed by atoms with Crippen LogP contribution in [0.1, 0.15) is 46.0 Å². The highest BCUT2D eigenvalue weighted by Gasteiger charge is 2.33. The first-order valence-electron chi connectivity index (χ1n) is 6.72. The normalized spacial score (nSPS) is 26.5. The van der Waals surface area contributed by atoms with Crippen LogP contribution in [0.2, 0.25) is 0 Å². The van der Waals surface area contributed by atoms with E-state index >= 15 is 0 Å². The second-order valence-electron chi connectivity index (χ2n) is 5.40. The van der Waals surface area contributed by atoms with Crippen LogP contribution >= 0.6 is 0 Å². The predicted molar refractivity (Wildman–Crippen MR) is 68.8 cm³/mol. The van der Waals surface area contributed by atoms with Crippen molar-refractivity contribution in [1.29, 1.82) is 0 Å². The molecular formula is C13H26N2O2. The molecule has 0 radical (unpaired) electrons. The molecule has 0 bridgehead atoms. The summed E-state index contributed by atoms with van der Waals surface area (Å²) in [5, 5.41) is 15.2. The van der Waals surface area contributed by atoms with Crippen LogP contribution in [0.15, 0.2) is 0 Å². The molecule has 1 saturated heterocycles. The van der Waals surface area contributed by atoms with E-state index in [1.807, 2.05) is 13.8 Å². The maximum Gasteiger partial charge on any atom is 0.240 e. The highest BCUT2D eigenvalue weighted by Crippen LogP contribution is 2.18. The molecule has 1 aliphatic heterocycles. The van der Waals surface area contributed by atoms with Gasteiger partial charge in [-0.15, -0.1) is 0 Å².